The van der Waals surface area contributed by atoms with E-state index in [1.807, 2.05) is 13.8 Å². The van der Waals surface area contributed by atoms with Crippen LogP contribution in [0.15, 0.2) is 12.1 Å². The number of carbonyl (C=O) groups is 1. The number of fused-ring (bicyclic) bond motifs is 1. The summed E-state index contributed by atoms with van der Waals surface area (Å²) in [4.78, 5) is 27.4. The third-order valence-corrected chi connectivity index (χ3v) is 2.65. The zero-order chi connectivity index (χ0) is 13.4. The molecule has 0 bridgehead atoms. The van der Waals surface area contributed by atoms with Gasteiger partial charge in [-0.05, 0) is 36.7 Å². The predicted molar refractivity (Wildman–Crippen MR) is 63.6 cm³/mol. The van der Waals surface area contributed by atoms with Gasteiger partial charge >= 0.3 is 5.82 Å². The molecule has 7 nitrogen and oxygen atoms in total. The number of pyridine rings is 1. The lowest BCUT2D eigenvalue weighted by Gasteiger charge is -2.31. The Hall–Kier alpha value is -2.18. The van der Waals surface area contributed by atoms with E-state index < -0.39 is 11.0 Å². The third-order valence-electron chi connectivity index (χ3n) is 2.65. The van der Waals surface area contributed by atoms with Crippen LogP contribution >= 0.6 is 0 Å². The van der Waals surface area contributed by atoms with Crippen LogP contribution in [0.4, 0.5) is 11.6 Å². The molecule has 1 aromatic rings. The molecule has 0 aliphatic carbocycles. The van der Waals surface area contributed by atoms with E-state index in [-0.39, 0.29) is 23.6 Å². The number of rotatable bonds is 2. The number of hydrogen-bond donors (Lipinski definition) is 0. The maximum absolute atomic E-state index is 12.0. The molecular formula is C11H13N3O4. The number of aromatic nitrogens is 1. The molecule has 0 N–H and O–H groups in total. The monoisotopic (exact) mass is 251 g/mol. The van der Waals surface area contributed by atoms with Crippen LogP contribution in [0.5, 0.6) is 5.75 Å². The van der Waals surface area contributed by atoms with Gasteiger partial charge in [0, 0.05) is 12.1 Å². The molecule has 1 unspecified atom stereocenters. The minimum atomic E-state index is -0.608. The first-order chi connectivity index (χ1) is 8.41. The van der Waals surface area contributed by atoms with Gasteiger partial charge in [-0.15, -0.1) is 0 Å². The molecule has 96 valence electrons. The van der Waals surface area contributed by atoms with Gasteiger partial charge in [0.05, 0.1) is 0 Å². The van der Waals surface area contributed by atoms with E-state index in [4.69, 9.17) is 4.74 Å². The Balaban J connectivity index is 2.55. The second-order valence-electron chi connectivity index (χ2n) is 4.31. The van der Waals surface area contributed by atoms with Gasteiger partial charge in [0.25, 0.3) is 11.7 Å². The van der Waals surface area contributed by atoms with Gasteiger partial charge in [0.1, 0.15) is 0 Å². The molecule has 0 spiro atoms. The second-order valence-corrected chi connectivity index (χ2v) is 4.31. The normalized spacial score (nSPS) is 18.6. The van der Waals surface area contributed by atoms with E-state index in [1.54, 1.807) is 6.92 Å². The van der Waals surface area contributed by atoms with Crippen LogP contribution in [0.3, 0.4) is 0 Å². The molecule has 1 aliphatic rings. The molecule has 18 heavy (non-hydrogen) atoms. The second kappa shape index (κ2) is 4.25. The van der Waals surface area contributed by atoms with E-state index in [0.717, 1.165) is 0 Å². The fourth-order valence-corrected chi connectivity index (χ4v) is 1.83. The van der Waals surface area contributed by atoms with Gasteiger partial charge in [-0.1, -0.05) is 0 Å². The Bertz CT molecular complexity index is 515. The van der Waals surface area contributed by atoms with Gasteiger partial charge in [-0.3, -0.25) is 9.69 Å². The van der Waals surface area contributed by atoms with Crippen molar-refractivity contribution in [3.8, 4) is 5.75 Å². The summed E-state index contributed by atoms with van der Waals surface area (Å²) >= 11 is 0. The van der Waals surface area contributed by atoms with Crippen molar-refractivity contribution >= 4 is 17.5 Å². The highest BCUT2D eigenvalue weighted by Gasteiger charge is 2.38. The number of ether oxygens (including phenoxy) is 1. The van der Waals surface area contributed by atoms with Crippen molar-refractivity contribution in [2.45, 2.75) is 32.9 Å². The molecule has 0 saturated heterocycles. The Morgan fingerprint density at radius 1 is 1.50 bits per heavy atom. The zero-order valence-electron chi connectivity index (χ0n) is 10.3. The standard InChI is InChI=1S/C11H13N3O4/c1-6(2)13-10-8(18-7(3)11(13)15)4-5-9(12-10)14(16)17/h4-7H,1-3H3. The molecule has 0 fully saturated rings. The Morgan fingerprint density at radius 3 is 2.72 bits per heavy atom. The highest BCUT2D eigenvalue weighted by molar-refractivity contribution is 5.99. The van der Waals surface area contributed by atoms with E-state index in [0.29, 0.717) is 5.75 Å². The van der Waals surface area contributed by atoms with Crippen molar-refractivity contribution in [2.24, 2.45) is 0 Å². The van der Waals surface area contributed by atoms with Crippen LogP contribution in [0.25, 0.3) is 0 Å². The van der Waals surface area contributed by atoms with Crippen molar-refractivity contribution in [1.29, 1.82) is 0 Å². The van der Waals surface area contributed by atoms with E-state index in [9.17, 15) is 14.9 Å². The van der Waals surface area contributed by atoms with Gasteiger partial charge in [-0.2, -0.15) is 0 Å². The summed E-state index contributed by atoms with van der Waals surface area (Å²) in [6.07, 6.45) is -0.608. The molecule has 0 aromatic carbocycles. The molecule has 0 saturated carbocycles. The quantitative estimate of drug-likeness (QED) is 0.587. The number of hydrogen-bond acceptors (Lipinski definition) is 5. The number of nitrogens with zero attached hydrogens (tertiary/aromatic N) is 3. The zero-order valence-corrected chi connectivity index (χ0v) is 10.3. The Labute approximate surface area is 104 Å². The number of nitro groups is 1. The van der Waals surface area contributed by atoms with Crippen LogP contribution in [0, 0.1) is 10.1 Å². The highest BCUT2D eigenvalue weighted by atomic mass is 16.6. The smallest absolute Gasteiger partial charge is 0.366 e. The topological polar surface area (TPSA) is 85.6 Å². The lowest BCUT2D eigenvalue weighted by Crippen LogP contribution is -2.48. The van der Waals surface area contributed by atoms with E-state index in [1.165, 1.54) is 17.0 Å². The SMILES string of the molecule is CC1Oc2ccc([N+](=O)[O-])nc2N(C(C)C)C1=O. The van der Waals surface area contributed by atoms with Crippen molar-refractivity contribution in [1.82, 2.24) is 4.98 Å². The van der Waals surface area contributed by atoms with Gasteiger partial charge in [0.15, 0.2) is 11.9 Å². The summed E-state index contributed by atoms with van der Waals surface area (Å²) in [5.74, 6) is 0.0551. The molecule has 2 rings (SSSR count). The Morgan fingerprint density at radius 2 is 2.17 bits per heavy atom. The fourth-order valence-electron chi connectivity index (χ4n) is 1.83. The summed E-state index contributed by atoms with van der Waals surface area (Å²) in [5.41, 5.74) is 0. The van der Waals surface area contributed by atoms with Gasteiger partial charge in [0.2, 0.25) is 0 Å². The van der Waals surface area contributed by atoms with Crippen molar-refractivity contribution in [3.05, 3.63) is 22.2 Å². The van der Waals surface area contributed by atoms with Gasteiger partial charge in [-0.25, -0.2) is 0 Å². The maximum Gasteiger partial charge on any atom is 0.366 e. The van der Waals surface area contributed by atoms with Crippen LogP contribution in [0.1, 0.15) is 20.8 Å². The number of anilines is 1. The summed E-state index contributed by atoms with van der Waals surface area (Å²) in [6.45, 7) is 5.28. The molecular weight excluding hydrogens is 238 g/mol. The third kappa shape index (κ3) is 1.87. The largest absolute Gasteiger partial charge is 0.475 e. The Kier molecular flexibility index (Phi) is 2.90. The van der Waals surface area contributed by atoms with Gasteiger partial charge < -0.3 is 14.9 Å². The van der Waals surface area contributed by atoms with E-state index in [2.05, 4.69) is 4.98 Å². The van der Waals surface area contributed by atoms with Crippen LogP contribution in [-0.4, -0.2) is 28.0 Å². The maximum atomic E-state index is 12.0. The average molecular weight is 251 g/mol. The molecule has 7 heteroatoms. The molecule has 1 amide bonds. The molecule has 2 heterocycles. The lowest BCUT2D eigenvalue weighted by molar-refractivity contribution is -0.389. The minimum Gasteiger partial charge on any atom is -0.475 e. The molecule has 1 aliphatic heterocycles. The molecule has 0 radical (unpaired) electrons. The number of carbonyl (C=O) groups excluding carboxylic acids is 1. The summed E-state index contributed by atoms with van der Waals surface area (Å²) in [5, 5.41) is 10.7. The van der Waals surface area contributed by atoms with Crippen molar-refractivity contribution < 1.29 is 14.5 Å². The molecule has 1 aromatic heterocycles. The van der Waals surface area contributed by atoms with Crippen molar-refractivity contribution in [3.63, 3.8) is 0 Å². The first kappa shape index (κ1) is 12.3. The minimum absolute atomic E-state index is 0.142. The summed E-state index contributed by atoms with van der Waals surface area (Å²) < 4.78 is 5.38. The van der Waals surface area contributed by atoms with E-state index >= 15 is 0 Å². The fraction of sp³-hybridized carbons (Fsp3) is 0.455. The average Bonchev–Trinajstić information content (AvgIpc) is 2.29. The predicted octanol–water partition coefficient (Wildman–Crippen LogP) is 1.51. The van der Waals surface area contributed by atoms with Crippen LogP contribution in [-0.2, 0) is 4.79 Å². The lowest BCUT2D eigenvalue weighted by atomic mass is 10.2. The first-order valence-corrected chi connectivity index (χ1v) is 5.57. The van der Waals surface area contributed by atoms with Crippen LogP contribution < -0.4 is 9.64 Å². The number of amides is 1. The summed E-state index contributed by atoms with van der Waals surface area (Å²) in [7, 11) is 0. The first-order valence-electron chi connectivity index (χ1n) is 5.57. The summed E-state index contributed by atoms with van der Waals surface area (Å²) in [6, 6.07) is 2.59. The van der Waals surface area contributed by atoms with Crippen molar-refractivity contribution in [2.75, 3.05) is 4.90 Å². The molecule has 1 atom stereocenters. The highest BCUT2D eigenvalue weighted by Crippen LogP contribution is 2.34. The van der Waals surface area contributed by atoms with Crippen LogP contribution in [0.2, 0.25) is 0 Å².